The predicted octanol–water partition coefficient (Wildman–Crippen LogP) is 4.73. The van der Waals surface area contributed by atoms with Gasteiger partial charge in [0.2, 0.25) is 11.9 Å². The smallest absolute Gasteiger partial charge is 0.232 e. The summed E-state index contributed by atoms with van der Waals surface area (Å²) in [6.07, 6.45) is 1.25. The minimum absolute atomic E-state index is 0.164. The molecule has 0 unspecified atom stereocenters. The zero-order valence-electron chi connectivity index (χ0n) is 16.5. The van der Waals surface area contributed by atoms with Gasteiger partial charge in [-0.25, -0.2) is 0 Å². The van der Waals surface area contributed by atoms with Crippen LogP contribution in [0.5, 0.6) is 0 Å². The number of nitrogens with zero attached hydrogens (tertiary/aromatic N) is 3. The first kappa shape index (κ1) is 20.7. The summed E-state index contributed by atoms with van der Waals surface area (Å²) in [5, 5.41) is 6.42. The summed E-state index contributed by atoms with van der Waals surface area (Å²) < 4.78 is 0. The van der Waals surface area contributed by atoms with E-state index in [-0.39, 0.29) is 11.5 Å². The van der Waals surface area contributed by atoms with Crippen LogP contribution in [0.25, 0.3) is 0 Å². The molecule has 0 radical (unpaired) electrons. The van der Waals surface area contributed by atoms with Crippen LogP contribution < -0.4 is 16.4 Å². The maximum Gasteiger partial charge on any atom is 0.232 e. The SMILES string of the molecule is CC(C)Nc1nc(Nc2cccc(N)c2)nc(C(C)(C)C)n1.CCC. The summed E-state index contributed by atoms with van der Waals surface area (Å²) in [7, 11) is 0. The molecule has 0 spiro atoms. The Kier molecular flexibility index (Phi) is 7.61. The fourth-order valence-corrected chi connectivity index (χ4v) is 1.84. The lowest BCUT2D eigenvalue weighted by molar-refractivity contribution is 0.543. The van der Waals surface area contributed by atoms with E-state index in [1.165, 1.54) is 6.42 Å². The Morgan fingerprint density at radius 1 is 1.04 bits per heavy atom. The third-order valence-electron chi connectivity index (χ3n) is 2.87. The first-order valence-electron chi connectivity index (χ1n) is 8.81. The van der Waals surface area contributed by atoms with Crippen LogP contribution >= 0.6 is 0 Å². The Morgan fingerprint density at radius 2 is 1.64 bits per heavy atom. The van der Waals surface area contributed by atoms with Crippen molar-refractivity contribution < 1.29 is 0 Å². The van der Waals surface area contributed by atoms with Crippen LogP contribution in [-0.4, -0.2) is 21.0 Å². The van der Waals surface area contributed by atoms with E-state index >= 15 is 0 Å². The second-order valence-corrected chi connectivity index (χ2v) is 7.31. The number of nitrogens with two attached hydrogens (primary N) is 1. The van der Waals surface area contributed by atoms with E-state index in [1.807, 2.05) is 38.1 Å². The maximum atomic E-state index is 5.80. The molecule has 2 rings (SSSR count). The molecule has 138 valence electrons. The molecule has 0 aliphatic heterocycles. The molecular formula is C19H32N6. The number of nitrogens with one attached hydrogen (secondary N) is 2. The highest BCUT2D eigenvalue weighted by Gasteiger charge is 2.20. The third kappa shape index (κ3) is 7.37. The molecular weight excluding hydrogens is 312 g/mol. The molecule has 6 heteroatoms. The number of hydrogen-bond donors (Lipinski definition) is 3. The van der Waals surface area contributed by atoms with E-state index in [0.29, 0.717) is 17.6 Å². The van der Waals surface area contributed by atoms with Gasteiger partial charge in [0.25, 0.3) is 0 Å². The Morgan fingerprint density at radius 3 is 2.16 bits per heavy atom. The van der Waals surface area contributed by atoms with Crippen molar-refractivity contribution >= 4 is 23.3 Å². The van der Waals surface area contributed by atoms with Gasteiger partial charge in [0.05, 0.1) is 0 Å². The van der Waals surface area contributed by atoms with Crippen LogP contribution in [-0.2, 0) is 5.41 Å². The Labute approximate surface area is 151 Å². The van der Waals surface area contributed by atoms with Crippen molar-refractivity contribution in [3.05, 3.63) is 30.1 Å². The summed E-state index contributed by atoms with van der Waals surface area (Å²) in [6, 6.07) is 7.74. The van der Waals surface area contributed by atoms with Gasteiger partial charge in [-0.2, -0.15) is 15.0 Å². The van der Waals surface area contributed by atoms with Gasteiger partial charge in [-0.05, 0) is 32.0 Å². The minimum Gasteiger partial charge on any atom is -0.399 e. The van der Waals surface area contributed by atoms with E-state index in [9.17, 15) is 0 Å². The lowest BCUT2D eigenvalue weighted by atomic mass is 9.96. The fraction of sp³-hybridized carbons (Fsp3) is 0.526. The summed E-state index contributed by atoms with van der Waals surface area (Å²) in [4.78, 5) is 13.5. The van der Waals surface area contributed by atoms with Crippen LogP contribution in [0, 0.1) is 0 Å². The van der Waals surface area contributed by atoms with Crippen molar-refractivity contribution in [3.8, 4) is 0 Å². The van der Waals surface area contributed by atoms with E-state index in [2.05, 4.69) is 60.2 Å². The van der Waals surface area contributed by atoms with Crippen molar-refractivity contribution in [3.63, 3.8) is 0 Å². The van der Waals surface area contributed by atoms with Crippen LogP contribution in [0.4, 0.5) is 23.3 Å². The van der Waals surface area contributed by atoms with Gasteiger partial charge in [-0.1, -0.05) is 47.1 Å². The molecule has 0 amide bonds. The fourth-order valence-electron chi connectivity index (χ4n) is 1.84. The summed E-state index contributed by atoms with van der Waals surface area (Å²) >= 11 is 0. The topological polar surface area (TPSA) is 88.8 Å². The molecule has 0 saturated carbocycles. The first-order valence-corrected chi connectivity index (χ1v) is 8.81. The van der Waals surface area contributed by atoms with Gasteiger partial charge >= 0.3 is 0 Å². The maximum absolute atomic E-state index is 5.80. The average Bonchev–Trinajstić information content (AvgIpc) is 2.46. The minimum atomic E-state index is -0.164. The zero-order valence-corrected chi connectivity index (χ0v) is 16.5. The van der Waals surface area contributed by atoms with Gasteiger partial charge in [-0.3, -0.25) is 0 Å². The number of anilines is 4. The summed E-state index contributed by atoms with van der Waals surface area (Å²) in [5.74, 6) is 1.81. The largest absolute Gasteiger partial charge is 0.399 e. The molecule has 6 nitrogen and oxygen atoms in total. The van der Waals surface area contributed by atoms with Crippen molar-refractivity contribution in [2.45, 2.75) is 66.3 Å². The predicted molar refractivity (Wildman–Crippen MR) is 107 cm³/mol. The number of aromatic nitrogens is 3. The van der Waals surface area contributed by atoms with E-state index < -0.39 is 0 Å². The highest BCUT2D eigenvalue weighted by Crippen LogP contribution is 2.22. The Bertz CT molecular complexity index is 661. The van der Waals surface area contributed by atoms with Gasteiger partial charge < -0.3 is 16.4 Å². The van der Waals surface area contributed by atoms with Gasteiger partial charge in [0.1, 0.15) is 5.82 Å². The highest BCUT2D eigenvalue weighted by atomic mass is 15.2. The quantitative estimate of drug-likeness (QED) is 0.695. The standard InChI is InChI=1S/C16H24N6.C3H8/c1-10(2)18-14-20-13(16(3,4)5)21-15(22-14)19-12-8-6-7-11(17)9-12;1-3-2/h6-10H,17H2,1-5H3,(H2,18,19,20,21,22);3H2,1-2H3. The lowest BCUT2D eigenvalue weighted by Crippen LogP contribution is -2.21. The van der Waals surface area contributed by atoms with Crippen molar-refractivity contribution in [2.24, 2.45) is 0 Å². The van der Waals surface area contributed by atoms with Crippen molar-refractivity contribution in [2.75, 3.05) is 16.4 Å². The van der Waals surface area contributed by atoms with E-state index in [1.54, 1.807) is 0 Å². The summed E-state index contributed by atoms with van der Waals surface area (Å²) in [5.41, 5.74) is 7.18. The normalized spacial score (nSPS) is 10.9. The van der Waals surface area contributed by atoms with Gasteiger partial charge in [0, 0.05) is 22.8 Å². The number of benzene rings is 1. The molecule has 0 atom stereocenters. The molecule has 0 bridgehead atoms. The van der Waals surface area contributed by atoms with Crippen molar-refractivity contribution in [1.29, 1.82) is 0 Å². The van der Waals surface area contributed by atoms with Crippen molar-refractivity contribution in [1.82, 2.24) is 15.0 Å². The molecule has 1 aromatic carbocycles. The van der Waals surface area contributed by atoms with Gasteiger partial charge in [-0.15, -0.1) is 0 Å². The van der Waals surface area contributed by atoms with Crippen LogP contribution in [0.3, 0.4) is 0 Å². The van der Waals surface area contributed by atoms with Gasteiger partial charge in [0.15, 0.2) is 0 Å². The molecule has 4 N–H and O–H groups in total. The molecule has 0 aliphatic rings. The summed E-state index contributed by atoms with van der Waals surface area (Å²) in [6.45, 7) is 14.6. The molecule has 0 fully saturated rings. The molecule has 0 saturated heterocycles. The third-order valence-corrected chi connectivity index (χ3v) is 2.87. The number of rotatable bonds is 4. The molecule has 1 heterocycles. The van der Waals surface area contributed by atoms with Crippen LogP contribution in [0.2, 0.25) is 0 Å². The van der Waals surface area contributed by atoms with Crippen LogP contribution in [0.1, 0.15) is 60.7 Å². The lowest BCUT2D eigenvalue weighted by Gasteiger charge is -2.19. The van der Waals surface area contributed by atoms with E-state index in [0.717, 1.165) is 11.5 Å². The number of hydrogen-bond acceptors (Lipinski definition) is 6. The van der Waals surface area contributed by atoms with Crippen LogP contribution in [0.15, 0.2) is 24.3 Å². The second kappa shape index (κ2) is 9.20. The first-order chi connectivity index (χ1) is 11.7. The Hall–Kier alpha value is -2.37. The zero-order chi connectivity index (χ0) is 19.0. The number of nitrogen functional groups attached to an aromatic ring is 1. The second-order valence-electron chi connectivity index (χ2n) is 7.31. The highest BCUT2D eigenvalue weighted by molar-refractivity contribution is 5.60. The van der Waals surface area contributed by atoms with E-state index in [4.69, 9.17) is 5.73 Å². The molecule has 0 aliphatic carbocycles. The average molecular weight is 345 g/mol. The molecule has 25 heavy (non-hydrogen) atoms. The molecule has 2 aromatic rings. The monoisotopic (exact) mass is 344 g/mol. The Balaban J connectivity index is 0.000000970. The molecule has 1 aromatic heterocycles.